The van der Waals surface area contributed by atoms with E-state index < -0.39 is 17.7 Å². The molecular weight excluding hydrogens is 192 g/mol. The lowest BCUT2D eigenvalue weighted by atomic mass is 10.1. The average Bonchev–Trinajstić information content (AvgIpc) is 2.18. The van der Waals surface area contributed by atoms with Crippen molar-refractivity contribution >= 4 is 0 Å². The second-order valence-corrected chi connectivity index (χ2v) is 2.60. The summed E-state index contributed by atoms with van der Waals surface area (Å²) >= 11 is 0. The van der Waals surface area contributed by atoms with Gasteiger partial charge in [-0.15, -0.1) is 0 Å². The fourth-order valence-electron chi connectivity index (χ4n) is 0.939. The first-order valence-corrected chi connectivity index (χ1v) is 3.79. The van der Waals surface area contributed by atoms with Gasteiger partial charge in [0.2, 0.25) is 0 Å². The molecule has 1 rings (SSSR count). The van der Waals surface area contributed by atoms with Crippen molar-refractivity contribution in [3.05, 3.63) is 45.8 Å². The van der Waals surface area contributed by atoms with Crippen molar-refractivity contribution in [2.24, 2.45) is 5.11 Å². The Morgan fingerprint density at radius 1 is 1.43 bits per heavy atom. The molecule has 74 valence electrons. The molecule has 1 N–H and O–H groups in total. The zero-order valence-electron chi connectivity index (χ0n) is 7.06. The number of hydrogen-bond donors (Lipinski definition) is 1. The number of halogens is 2. The highest BCUT2D eigenvalue weighted by Crippen LogP contribution is 2.16. The molecule has 0 spiro atoms. The quantitative estimate of drug-likeness (QED) is 0.453. The number of azide groups is 1. The Kier molecular flexibility index (Phi) is 3.39. The molecule has 4 nitrogen and oxygen atoms in total. The highest BCUT2D eigenvalue weighted by Gasteiger charge is 2.09. The lowest BCUT2D eigenvalue weighted by Crippen LogP contribution is -2.01. The molecule has 0 radical (unpaired) electrons. The summed E-state index contributed by atoms with van der Waals surface area (Å²) in [7, 11) is 0. The molecule has 1 aromatic rings. The van der Waals surface area contributed by atoms with Crippen LogP contribution >= 0.6 is 0 Å². The van der Waals surface area contributed by atoms with Crippen LogP contribution in [0, 0.1) is 11.6 Å². The average molecular weight is 199 g/mol. The largest absolute Gasteiger partial charge is 0.388 e. The smallest absolute Gasteiger partial charge is 0.159 e. The third-order valence-electron chi connectivity index (χ3n) is 1.65. The monoisotopic (exact) mass is 199 g/mol. The van der Waals surface area contributed by atoms with Gasteiger partial charge in [-0.3, -0.25) is 0 Å². The number of benzene rings is 1. The molecule has 0 aliphatic carbocycles. The van der Waals surface area contributed by atoms with Crippen molar-refractivity contribution in [1.82, 2.24) is 0 Å². The fourth-order valence-corrected chi connectivity index (χ4v) is 0.939. The van der Waals surface area contributed by atoms with E-state index in [9.17, 15) is 13.9 Å². The Morgan fingerprint density at radius 3 is 2.71 bits per heavy atom. The van der Waals surface area contributed by atoms with Crippen LogP contribution in [0.4, 0.5) is 8.78 Å². The Bertz CT molecular complexity index is 377. The van der Waals surface area contributed by atoms with Gasteiger partial charge in [-0.2, -0.15) is 0 Å². The second-order valence-electron chi connectivity index (χ2n) is 2.60. The van der Waals surface area contributed by atoms with Gasteiger partial charge in [0.1, 0.15) is 0 Å². The molecule has 1 aromatic carbocycles. The van der Waals surface area contributed by atoms with E-state index >= 15 is 0 Å². The van der Waals surface area contributed by atoms with Crippen LogP contribution in [0.15, 0.2) is 23.3 Å². The van der Waals surface area contributed by atoms with E-state index in [1.165, 1.54) is 6.07 Å². The Morgan fingerprint density at radius 2 is 2.14 bits per heavy atom. The fraction of sp³-hybridized carbons (Fsp3) is 0.250. The summed E-state index contributed by atoms with van der Waals surface area (Å²) in [5.41, 5.74) is 8.15. The van der Waals surface area contributed by atoms with Gasteiger partial charge in [0, 0.05) is 4.91 Å². The molecule has 0 aliphatic heterocycles. The lowest BCUT2D eigenvalue weighted by molar-refractivity contribution is 0.186. The molecule has 6 heteroatoms. The Labute approximate surface area is 78.4 Å². The second kappa shape index (κ2) is 4.55. The molecular formula is C8H7F2N3O. The maximum Gasteiger partial charge on any atom is 0.159 e. The predicted molar refractivity (Wildman–Crippen MR) is 45.3 cm³/mol. The van der Waals surface area contributed by atoms with Crippen molar-refractivity contribution in [2.75, 3.05) is 6.54 Å². The molecule has 0 aliphatic rings. The molecule has 0 bridgehead atoms. The lowest BCUT2D eigenvalue weighted by Gasteiger charge is -2.07. The highest BCUT2D eigenvalue weighted by atomic mass is 19.2. The third kappa shape index (κ3) is 2.42. The minimum Gasteiger partial charge on any atom is -0.388 e. The molecule has 1 atom stereocenters. The maximum absolute atomic E-state index is 12.7. The third-order valence-corrected chi connectivity index (χ3v) is 1.65. The van der Waals surface area contributed by atoms with E-state index in [4.69, 9.17) is 5.53 Å². The van der Waals surface area contributed by atoms with Crippen LogP contribution in [0.3, 0.4) is 0 Å². The molecule has 0 heterocycles. The number of nitrogens with zero attached hydrogens (tertiary/aromatic N) is 3. The van der Waals surface area contributed by atoms with Crippen molar-refractivity contribution in [2.45, 2.75) is 6.10 Å². The van der Waals surface area contributed by atoms with Gasteiger partial charge in [0.25, 0.3) is 0 Å². The SMILES string of the molecule is [N-]=[N+]=NC[C@@H](O)c1ccc(F)c(F)c1. The minimum absolute atomic E-state index is 0.177. The molecule has 0 amide bonds. The zero-order valence-corrected chi connectivity index (χ0v) is 7.06. The zero-order chi connectivity index (χ0) is 10.6. The summed E-state index contributed by atoms with van der Waals surface area (Å²) in [5.74, 6) is -2.02. The maximum atomic E-state index is 12.7. The van der Waals surface area contributed by atoms with Crippen LogP contribution in [-0.2, 0) is 0 Å². The van der Waals surface area contributed by atoms with Gasteiger partial charge in [0.15, 0.2) is 11.6 Å². The molecule has 0 saturated carbocycles. The first-order valence-electron chi connectivity index (χ1n) is 3.79. The van der Waals surface area contributed by atoms with Crippen LogP contribution in [0.5, 0.6) is 0 Å². The van der Waals surface area contributed by atoms with E-state index in [0.29, 0.717) is 0 Å². The molecule has 0 fully saturated rings. The predicted octanol–water partition coefficient (Wildman–Crippen LogP) is 2.31. The van der Waals surface area contributed by atoms with Gasteiger partial charge in [0.05, 0.1) is 12.6 Å². The van der Waals surface area contributed by atoms with Gasteiger partial charge in [-0.25, -0.2) is 8.78 Å². The first kappa shape index (κ1) is 10.4. The van der Waals surface area contributed by atoms with Crippen LogP contribution in [0.2, 0.25) is 0 Å². The summed E-state index contributed by atoms with van der Waals surface area (Å²) in [6, 6.07) is 3.01. The van der Waals surface area contributed by atoms with E-state index in [0.717, 1.165) is 12.1 Å². The van der Waals surface area contributed by atoms with E-state index in [-0.39, 0.29) is 12.1 Å². The van der Waals surface area contributed by atoms with Gasteiger partial charge < -0.3 is 5.11 Å². The van der Waals surface area contributed by atoms with Gasteiger partial charge in [-0.1, -0.05) is 11.2 Å². The van der Waals surface area contributed by atoms with Crippen LogP contribution < -0.4 is 0 Å². The normalized spacial score (nSPS) is 11.9. The summed E-state index contributed by atoms with van der Waals surface area (Å²) in [5, 5.41) is 12.4. The van der Waals surface area contributed by atoms with Crippen LogP contribution in [-0.4, -0.2) is 11.7 Å². The molecule has 14 heavy (non-hydrogen) atoms. The van der Waals surface area contributed by atoms with Crippen molar-refractivity contribution in [3.8, 4) is 0 Å². The van der Waals surface area contributed by atoms with Crippen molar-refractivity contribution in [1.29, 1.82) is 0 Å². The molecule has 0 aromatic heterocycles. The van der Waals surface area contributed by atoms with Crippen LogP contribution in [0.25, 0.3) is 10.4 Å². The number of rotatable bonds is 3. The molecule has 0 saturated heterocycles. The molecule has 0 unspecified atom stereocenters. The summed E-state index contributed by atoms with van der Waals surface area (Å²) in [4.78, 5) is 2.44. The number of hydrogen-bond acceptors (Lipinski definition) is 2. The summed E-state index contributed by atoms with van der Waals surface area (Å²) in [6.45, 7) is -0.207. The summed E-state index contributed by atoms with van der Waals surface area (Å²) in [6.07, 6.45) is -1.11. The van der Waals surface area contributed by atoms with Gasteiger partial charge >= 0.3 is 0 Å². The topological polar surface area (TPSA) is 69.0 Å². The standard InChI is InChI=1S/C8H7F2N3O/c9-6-2-1-5(3-7(6)10)8(14)4-12-13-11/h1-3,8,14H,4H2/t8-/m1/s1. The highest BCUT2D eigenvalue weighted by molar-refractivity contribution is 5.20. The first-order chi connectivity index (χ1) is 6.65. The number of aliphatic hydroxyl groups is 1. The Balaban J connectivity index is 2.85. The van der Waals surface area contributed by atoms with Gasteiger partial charge in [-0.05, 0) is 23.2 Å². The minimum atomic E-state index is -1.11. The van der Waals surface area contributed by atoms with E-state index in [2.05, 4.69) is 10.0 Å². The summed E-state index contributed by atoms with van der Waals surface area (Å²) < 4.78 is 25.1. The Hall–Kier alpha value is -1.65. The van der Waals surface area contributed by atoms with Crippen molar-refractivity contribution < 1.29 is 13.9 Å². The van der Waals surface area contributed by atoms with E-state index in [1.54, 1.807) is 0 Å². The van der Waals surface area contributed by atoms with E-state index in [1.807, 2.05) is 0 Å². The van der Waals surface area contributed by atoms with Crippen molar-refractivity contribution in [3.63, 3.8) is 0 Å². The van der Waals surface area contributed by atoms with Crippen LogP contribution in [0.1, 0.15) is 11.7 Å². The number of aliphatic hydroxyl groups excluding tert-OH is 1.